The van der Waals surface area contributed by atoms with Gasteiger partial charge in [0.05, 0.1) is 0 Å². The molecule has 13 heavy (non-hydrogen) atoms. The van der Waals surface area contributed by atoms with Crippen molar-refractivity contribution in [2.24, 2.45) is 0 Å². The van der Waals surface area contributed by atoms with Crippen LogP contribution in [0.25, 0.3) is 10.8 Å². The third kappa shape index (κ3) is 1.21. The Labute approximate surface area is 77.0 Å². The molecule has 0 atom stereocenters. The second kappa shape index (κ2) is 2.84. The summed E-state index contributed by atoms with van der Waals surface area (Å²) in [7, 11) is 0. The topological polar surface area (TPSA) is 0 Å². The minimum Gasteiger partial charge on any atom is -0.206 e. The fourth-order valence-corrected chi connectivity index (χ4v) is 1.76. The van der Waals surface area contributed by atoms with Crippen LogP contribution in [0.5, 0.6) is 0 Å². The largest absolute Gasteiger partial charge is 0.206 e. The molecule has 66 valence electrons. The molecule has 0 saturated carbocycles. The van der Waals surface area contributed by atoms with Gasteiger partial charge >= 0.3 is 0 Å². The number of aryl methyl sites for hydroxylation is 2. The molecule has 0 fully saturated rings. The first-order valence-corrected chi connectivity index (χ1v) is 4.34. The van der Waals surface area contributed by atoms with E-state index < -0.39 is 0 Å². The lowest BCUT2D eigenvalue weighted by molar-refractivity contribution is 0.639. The first-order chi connectivity index (χ1) is 6.20. The van der Waals surface area contributed by atoms with E-state index in [1.165, 1.54) is 6.07 Å². The number of hydrogen-bond donors (Lipinski definition) is 0. The molecule has 0 nitrogen and oxygen atoms in total. The minimum absolute atomic E-state index is 0.135. The molecule has 0 N–H and O–H groups in total. The molecule has 0 aliphatic heterocycles. The SMILES string of the molecule is Cc1cccc2c(F)ccc(C)c12. The normalized spacial score (nSPS) is 10.7. The average molecular weight is 174 g/mol. The highest BCUT2D eigenvalue weighted by molar-refractivity contribution is 5.88. The van der Waals surface area contributed by atoms with Gasteiger partial charge in [-0.05, 0) is 36.4 Å². The van der Waals surface area contributed by atoms with Crippen LogP contribution in [-0.4, -0.2) is 0 Å². The van der Waals surface area contributed by atoms with E-state index in [0.29, 0.717) is 0 Å². The quantitative estimate of drug-likeness (QED) is 0.572. The summed E-state index contributed by atoms with van der Waals surface area (Å²) in [5.41, 5.74) is 2.27. The summed E-state index contributed by atoms with van der Waals surface area (Å²) in [4.78, 5) is 0. The van der Waals surface area contributed by atoms with Crippen LogP contribution in [0.15, 0.2) is 30.3 Å². The number of rotatable bonds is 0. The average Bonchev–Trinajstić information content (AvgIpc) is 2.12. The zero-order valence-electron chi connectivity index (χ0n) is 7.76. The second-order valence-electron chi connectivity index (χ2n) is 3.36. The van der Waals surface area contributed by atoms with Gasteiger partial charge in [-0.3, -0.25) is 0 Å². The van der Waals surface area contributed by atoms with Crippen molar-refractivity contribution in [3.8, 4) is 0 Å². The summed E-state index contributed by atoms with van der Waals surface area (Å²) in [6.07, 6.45) is 0. The Hall–Kier alpha value is -1.37. The highest BCUT2D eigenvalue weighted by atomic mass is 19.1. The monoisotopic (exact) mass is 174 g/mol. The fourth-order valence-electron chi connectivity index (χ4n) is 1.76. The molecule has 0 aliphatic carbocycles. The number of hydrogen-bond acceptors (Lipinski definition) is 0. The summed E-state index contributed by atoms with van der Waals surface area (Å²) < 4.78 is 13.3. The molecule has 1 heteroatoms. The van der Waals surface area contributed by atoms with Crippen molar-refractivity contribution in [1.82, 2.24) is 0 Å². The van der Waals surface area contributed by atoms with Crippen LogP contribution in [-0.2, 0) is 0 Å². The first-order valence-electron chi connectivity index (χ1n) is 4.34. The Kier molecular flexibility index (Phi) is 1.80. The van der Waals surface area contributed by atoms with Gasteiger partial charge in [0.15, 0.2) is 0 Å². The predicted octanol–water partition coefficient (Wildman–Crippen LogP) is 3.60. The van der Waals surface area contributed by atoms with Gasteiger partial charge < -0.3 is 0 Å². The lowest BCUT2D eigenvalue weighted by Crippen LogP contribution is -1.86. The van der Waals surface area contributed by atoms with Gasteiger partial charge in [-0.25, -0.2) is 4.39 Å². The first kappa shape index (κ1) is 8.24. The lowest BCUT2D eigenvalue weighted by atomic mass is 10.0. The van der Waals surface area contributed by atoms with E-state index in [4.69, 9.17) is 0 Å². The van der Waals surface area contributed by atoms with E-state index >= 15 is 0 Å². The summed E-state index contributed by atoms with van der Waals surface area (Å²) >= 11 is 0. The Morgan fingerprint density at radius 1 is 0.923 bits per heavy atom. The van der Waals surface area contributed by atoms with E-state index in [1.807, 2.05) is 38.1 Å². The number of benzene rings is 2. The highest BCUT2D eigenvalue weighted by Crippen LogP contribution is 2.24. The lowest BCUT2D eigenvalue weighted by Gasteiger charge is -2.05. The molecular weight excluding hydrogens is 163 g/mol. The number of halogens is 1. The maximum Gasteiger partial charge on any atom is 0.131 e. The van der Waals surface area contributed by atoms with E-state index in [9.17, 15) is 4.39 Å². The van der Waals surface area contributed by atoms with Crippen molar-refractivity contribution in [1.29, 1.82) is 0 Å². The van der Waals surface area contributed by atoms with Crippen LogP contribution in [0.4, 0.5) is 4.39 Å². The molecule has 2 aromatic rings. The Morgan fingerprint density at radius 2 is 1.62 bits per heavy atom. The standard InChI is InChI=1S/C12H11F/c1-8-4-3-5-10-11(13)7-6-9(2)12(8)10/h3-7H,1-2H3. The van der Waals surface area contributed by atoms with Crippen LogP contribution in [0.3, 0.4) is 0 Å². The Balaban J connectivity index is 3.00. The van der Waals surface area contributed by atoms with Gasteiger partial charge in [0, 0.05) is 5.39 Å². The zero-order valence-corrected chi connectivity index (χ0v) is 7.76. The van der Waals surface area contributed by atoms with Gasteiger partial charge in [-0.1, -0.05) is 24.3 Å². The summed E-state index contributed by atoms with van der Waals surface area (Å²) in [5, 5.41) is 1.77. The molecule has 0 aromatic heterocycles. The summed E-state index contributed by atoms with van der Waals surface area (Å²) in [6.45, 7) is 4.02. The van der Waals surface area contributed by atoms with Gasteiger partial charge in [0.2, 0.25) is 0 Å². The number of fused-ring (bicyclic) bond motifs is 1. The molecule has 0 radical (unpaired) electrons. The van der Waals surface area contributed by atoms with Gasteiger partial charge in [-0.2, -0.15) is 0 Å². The third-order valence-electron chi connectivity index (χ3n) is 2.40. The van der Waals surface area contributed by atoms with Crippen LogP contribution < -0.4 is 0 Å². The van der Waals surface area contributed by atoms with E-state index in [-0.39, 0.29) is 5.82 Å². The van der Waals surface area contributed by atoms with Crippen molar-refractivity contribution < 1.29 is 4.39 Å². The molecule has 2 aromatic carbocycles. The van der Waals surface area contributed by atoms with Crippen LogP contribution in [0, 0.1) is 19.7 Å². The van der Waals surface area contributed by atoms with Crippen LogP contribution >= 0.6 is 0 Å². The molecule has 0 aliphatic rings. The van der Waals surface area contributed by atoms with Crippen LogP contribution in [0.1, 0.15) is 11.1 Å². The molecule has 0 spiro atoms. The maximum absolute atomic E-state index is 13.3. The maximum atomic E-state index is 13.3. The van der Waals surface area contributed by atoms with E-state index in [0.717, 1.165) is 21.9 Å². The molecule has 0 saturated heterocycles. The molecular formula is C12H11F. The van der Waals surface area contributed by atoms with Gasteiger partial charge in [0.1, 0.15) is 5.82 Å². The zero-order chi connectivity index (χ0) is 9.42. The molecule has 0 heterocycles. The van der Waals surface area contributed by atoms with Gasteiger partial charge in [0.25, 0.3) is 0 Å². The van der Waals surface area contributed by atoms with E-state index in [2.05, 4.69) is 0 Å². The minimum atomic E-state index is -0.135. The second-order valence-corrected chi connectivity index (χ2v) is 3.36. The highest BCUT2D eigenvalue weighted by Gasteiger charge is 2.03. The predicted molar refractivity (Wildman–Crippen MR) is 53.4 cm³/mol. The van der Waals surface area contributed by atoms with E-state index in [1.54, 1.807) is 0 Å². The third-order valence-corrected chi connectivity index (χ3v) is 2.40. The Bertz CT molecular complexity index is 450. The Morgan fingerprint density at radius 3 is 2.31 bits per heavy atom. The van der Waals surface area contributed by atoms with Crippen LogP contribution in [0.2, 0.25) is 0 Å². The summed E-state index contributed by atoms with van der Waals surface area (Å²) in [6, 6.07) is 9.07. The molecule has 0 bridgehead atoms. The van der Waals surface area contributed by atoms with Crippen molar-refractivity contribution in [2.75, 3.05) is 0 Å². The van der Waals surface area contributed by atoms with Crippen molar-refractivity contribution in [3.05, 3.63) is 47.3 Å². The molecule has 0 unspecified atom stereocenters. The van der Waals surface area contributed by atoms with Crippen molar-refractivity contribution >= 4 is 10.8 Å². The molecule has 0 amide bonds. The van der Waals surface area contributed by atoms with Gasteiger partial charge in [-0.15, -0.1) is 0 Å². The smallest absolute Gasteiger partial charge is 0.131 e. The summed E-state index contributed by atoms with van der Waals surface area (Å²) in [5.74, 6) is -0.135. The molecule has 2 rings (SSSR count). The fraction of sp³-hybridized carbons (Fsp3) is 0.167. The van der Waals surface area contributed by atoms with Crippen molar-refractivity contribution in [3.63, 3.8) is 0 Å². The van der Waals surface area contributed by atoms with Crippen molar-refractivity contribution in [2.45, 2.75) is 13.8 Å².